The summed E-state index contributed by atoms with van der Waals surface area (Å²) in [5.74, 6) is -2.61. The maximum Gasteiger partial charge on any atom is 0.295 e. The van der Waals surface area contributed by atoms with Gasteiger partial charge in [0, 0.05) is 16.8 Å². The Morgan fingerprint density at radius 2 is 1.83 bits per heavy atom. The fraction of sp³-hybridized carbons (Fsp3) is 0. The van der Waals surface area contributed by atoms with Gasteiger partial charge in [-0.2, -0.15) is 0 Å². The number of nitrogens with one attached hydrogen (secondary N) is 1. The lowest BCUT2D eigenvalue weighted by Gasteiger charge is -2.02. The summed E-state index contributed by atoms with van der Waals surface area (Å²) >= 11 is 5.76. The quantitative estimate of drug-likeness (QED) is 0.798. The van der Waals surface area contributed by atoms with Crippen molar-refractivity contribution in [2.75, 3.05) is 5.32 Å². The van der Waals surface area contributed by atoms with Gasteiger partial charge in [-0.15, -0.1) is 5.10 Å². The van der Waals surface area contributed by atoms with Crippen molar-refractivity contribution in [3.8, 4) is 5.69 Å². The predicted molar refractivity (Wildman–Crippen MR) is 80.7 cm³/mol. The van der Waals surface area contributed by atoms with E-state index in [0.717, 1.165) is 12.1 Å². The molecule has 0 saturated heterocycles. The monoisotopic (exact) mass is 334 g/mol. The van der Waals surface area contributed by atoms with E-state index in [4.69, 9.17) is 11.6 Å². The summed E-state index contributed by atoms with van der Waals surface area (Å²) < 4.78 is 27.3. The van der Waals surface area contributed by atoms with Crippen LogP contribution in [0.5, 0.6) is 0 Å². The standard InChI is InChI=1S/C15H9ClF2N4O/c16-9-1-3-10(4-2-9)20-15(23)14-19-8-22(21-14)11-5-6-12(17)13(18)7-11/h1-8H,(H,20,23). The van der Waals surface area contributed by atoms with Gasteiger partial charge in [0.15, 0.2) is 11.6 Å². The average Bonchev–Trinajstić information content (AvgIpc) is 3.02. The molecule has 23 heavy (non-hydrogen) atoms. The van der Waals surface area contributed by atoms with E-state index >= 15 is 0 Å². The maximum absolute atomic E-state index is 13.2. The van der Waals surface area contributed by atoms with E-state index in [1.165, 1.54) is 17.1 Å². The number of hydrogen-bond donors (Lipinski definition) is 1. The Kier molecular flexibility index (Phi) is 4.03. The van der Waals surface area contributed by atoms with Crippen molar-refractivity contribution in [1.82, 2.24) is 14.8 Å². The van der Waals surface area contributed by atoms with Crippen LogP contribution in [0.25, 0.3) is 5.69 Å². The highest BCUT2D eigenvalue weighted by Crippen LogP contribution is 2.15. The molecule has 0 aliphatic rings. The Morgan fingerprint density at radius 1 is 1.09 bits per heavy atom. The second-order valence-corrected chi connectivity index (χ2v) is 5.01. The SMILES string of the molecule is O=C(Nc1ccc(Cl)cc1)c1ncn(-c2ccc(F)c(F)c2)n1. The Labute approximate surface area is 134 Å². The predicted octanol–water partition coefficient (Wildman–Crippen LogP) is 3.45. The van der Waals surface area contributed by atoms with E-state index in [1.807, 2.05) is 0 Å². The number of hydrogen-bond acceptors (Lipinski definition) is 3. The lowest BCUT2D eigenvalue weighted by molar-refractivity contribution is 0.101. The molecule has 0 aliphatic heterocycles. The molecule has 1 N–H and O–H groups in total. The molecule has 3 aromatic rings. The first kappa shape index (κ1) is 15.1. The van der Waals surface area contributed by atoms with E-state index < -0.39 is 17.5 Å². The van der Waals surface area contributed by atoms with Gasteiger partial charge in [0.05, 0.1) is 5.69 Å². The topological polar surface area (TPSA) is 59.8 Å². The molecule has 1 heterocycles. The summed E-state index contributed by atoms with van der Waals surface area (Å²) in [6.45, 7) is 0. The highest BCUT2D eigenvalue weighted by molar-refractivity contribution is 6.30. The molecular formula is C15H9ClF2N4O. The first-order valence-corrected chi connectivity index (χ1v) is 6.85. The van der Waals surface area contributed by atoms with Crippen molar-refractivity contribution in [3.05, 3.63) is 71.3 Å². The van der Waals surface area contributed by atoms with Crippen molar-refractivity contribution >= 4 is 23.2 Å². The highest BCUT2D eigenvalue weighted by atomic mass is 35.5. The van der Waals surface area contributed by atoms with Crippen molar-refractivity contribution in [3.63, 3.8) is 0 Å². The van der Waals surface area contributed by atoms with Gasteiger partial charge in [-0.1, -0.05) is 11.6 Å². The molecule has 0 unspecified atom stereocenters. The van der Waals surface area contributed by atoms with E-state index in [0.29, 0.717) is 10.7 Å². The molecule has 8 heteroatoms. The van der Waals surface area contributed by atoms with Crippen molar-refractivity contribution < 1.29 is 13.6 Å². The number of nitrogens with zero attached hydrogens (tertiary/aromatic N) is 3. The van der Waals surface area contributed by atoms with Gasteiger partial charge in [0.25, 0.3) is 5.91 Å². The number of halogens is 3. The van der Waals surface area contributed by atoms with Gasteiger partial charge in [0.2, 0.25) is 5.82 Å². The maximum atomic E-state index is 13.2. The zero-order valence-electron chi connectivity index (χ0n) is 11.5. The summed E-state index contributed by atoms with van der Waals surface area (Å²) in [5, 5.41) is 7.09. The van der Waals surface area contributed by atoms with Crippen LogP contribution >= 0.6 is 11.6 Å². The molecule has 3 rings (SSSR count). The molecule has 116 valence electrons. The van der Waals surface area contributed by atoms with E-state index in [2.05, 4.69) is 15.4 Å². The molecule has 1 amide bonds. The normalized spacial score (nSPS) is 10.6. The second-order valence-electron chi connectivity index (χ2n) is 4.57. The highest BCUT2D eigenvalue weighted by Gasteiger charge is 2.13. The van der Waals surface area contributed by atoms with Gasteiger partial charge in [-0.3, -0.25) is 4.79 Å². The van der Waals surface area contributed by atoms with Crippen LogP contribution < -0.4 is 5.32 Å². The van der Waals surface area contributed by atoms with E-state index in [9.17, 15) is 13.6 Å². The zero-order chi connectivity index (χ0) is 16.4. The Bertz CT molecular complexity index is 864. The number of carbonyl (C=O) groups is 1. The number of benzene rings is 2. The molecule has 2 aromatic carbocycles. The minimum absolute atomic E-state index is 0.107. The molecule has 0 atom stereocenters. The summed E-state index contributed by atoms with van der Waals surface area (Å²) in [7, 11) is 0. The minimum atomic E-state index is -1.01. The van der Waals surface area contributed by atoms with Crippen LogP contribution in [0.4, 0.5) is 14.5 Å². The van der Waals surface area contributed by atoms with Crippen LogP contribution in [0.2, 0.25) is 5.02 Å². The minimum Gasteiger partial charge on any atom is -0.319 e. The third-order valence-electron chi connectivity index (χ3n) is 2.96. The van der Waals surface area contributed by atoms with Gasteiger partial charge in [-0.25, -0.2) is 18.4 Å². The van der Waals surface area contributed by atoms with Crippen LogP contribution in [0.15, 0.2) is 48.8 Å². The number of anilines is 1. The van der Waals surface area contributed by atoms with Crippen LogP contribution in [0.1, 0.15) is 10.6 Å². The van der Waals surface area contributed by atoms with Crippen LogP contribution in [-0.4, -0.2) is 20.7 Å². The first-order valence-electron chi connectivity index (χ1n) is 6.47. The fourth-order valence-corrected chi connectivity index (χ4v) is 1.97. The Hall–Kier alpha value is -2.80. The van der Waals surface area contributed by atoms with Gasteiger partial charge in [-0.05, 0) is 36.4 Å². The second kappa shape index (κ2) is 6.13. The smallest absolute Gasteiger partial charge is 0.295 e. The zero-order valence-corrected chi connectivity index (χ0v) is 12.3. The largest absolute Gasteiger partial charge is 0.319 e. The Balaban J connectivity index is 1.79. The lowest BCUT2D eigenvalue weighted by atomic mass is 10.3. The summed E-state index contributed by atoms with van der Waals surface area (Å²) in [4.78, 5) is 15.9. The van der Waals surface area contributed by atoms with Gasteiger partial charge in [0.1, 0.15) is 6.33 Å². The molecule has 0 saturated carbocycles. The molecule has 0 spiro atoms. The molecule has 0 aliphatic carbocycles. The molecule has 5 nitrogen and oxygen atoms in total. The van der Waals surface area contributed by atoms with Crippen LogP contribution in [0, 0.1) is 11.6 Å². The third-order valence-corrected chi connectivity index (χ3v) is 3.22. The first-order chi connectivity index (χ1) is 11.0. The third kappa shape index (κ3) is 3.35. The molecule has 0 bridgehead atoms. The summed E-state index contributed by atoms with van der Waals surface area (Å²) in [6.07, 6.45) is 1.24. The average molecular weight is 335 g/mol. The van der Waals surface area contributed by atoms with Crippen molar-refractivity contribution in [2.45, 2.75) is 0 Å². The molecule has 1 aromatic heterocycles. The number of amides is 1. The Morgan fingerprint density at radius 3 is 2.52 bits per heavy atom. The fourth-order valence-electron chi connectivity index (χ4n) is 1.84. The van der Waals surface area contributed by atoms with Crippen LogP contribution in [0.3, 0.4) is 0 Å². The summed E-state index contributed by atoms with van der Waals surface area (Å²) in [6, 6.07) is 9.78. The molecule has 0 radical (unpaired) electrons. The van der Waals surface area contributed by atoms with Crippen molar-refractivity contribution in [2.24, 2.45) is 0 Å². The number of rotatable bonds is 3. The van der Waals surface area contributed by atoms with Gasteiger partial charge >= 0.3 is 0 Å². The number of carbonyl (C=O) groups excluding carboxylic acids is 1. The molecular weight excluding hydrogens is 326 g/mol. The van der Waals surface area contributed by atoms with Crippen molar-refractivity contribution in [1.29, 1.82) is 0 Å². The summed E-state index contributed by atoms with van der Waals surface area (Å²) in [5.41, 5.74) is 0.783. The van der Waals surface area contributed by atoms with E-state index in [1.54, 1.807) is 24.3 Å². The van der Waals surface area contributed by atoms with E-state index in [-0.39, 0.29) is 11.5 Å². The van der Waals surface area contributed by atoms with Crippen LogP contribution in [-0.2, 0) is 0 Å². The lowest BCUT2D eigenvalue weighted by Crippen LogP contribution is -2.14. The number of aromatic nitrogens is 3. The van der Waals surface area contributed by atoms with Gasteiger partial charge < -0.3 is 5.32 Å². The molecule has 0 fully saturated rings.